The maximum absolute atomic E-state index is 12.6. The summed E-state index contributed by atoms with van der Waals surface area (Å²) in [6.45, 7) is -0.0777. The van der Waals surface area contributed by atoms with E-state index in [0.29, 0.717) is 17.0 Å². The van der Waals surface area contributed by atoms with Gasteiger partial charge in [0.25, 0.3) is 5.91 Å². The van der Waals surface area contributed by atoms with Crippen LogP contribution in [-0.2, 0) is 11.0 Å². The standard InChI is InChI=1S/C14H8ClF3N2O2/c15-9-4-8(14(16,17)18)5-19-13(9)7-1-2-11-10(3-7)20-12(21)6-22-11/h1-5H,6H2,(H,20,21). The fourth-order valence-electron chi connectivity index (χ4n) is 2.04. The molecule has 3 rings (SSSR count). The van der Waals surface area contributed by atoms with Crippen molar-refractivity contribution >= 4 is 23.2 Å². The van der Waals surface area contributed by atoms with Gasteiger partial charge in [-0.2, -0.15) is 13.2 Å². The number of hydrogen-bond acceptors (Lipinski definition) is 3. The molecule has 22 heavy (non-hydrogen) atoms. The van der Waals surface area contributed by atoms with Gasteiger partial charge in [-0.15, -0.1) is 0 Å². The van der Waals surface area contributed by atoms with Crippen molar-refractivity contribution in [3.63, 3.8) is 0 Å². The van der Waals surface area contributed by atoms with Crippen LogP contribution in [0.4, 0.5) is 18.9 Å². The average molecular weight is 329 g/mol. The summed E-state index contributed by atoms with van der Waals surface area (Å²) in [5, 5.41) is 2.48. The number of ether oxygens (including phenoxy) is 1. The van der Waals surface area contributed by atoms with Crippen molar-refractivity contribution in [3.8, 4) is 17.0 Å². The van der Waals surface area contributed by atoms with Crippen LogP contribution in [0.25, 0.3) is 11.3 Å². The van der Waals surface area contributed by atoms with Crippen LogP contribution in [0, 0.1) is 0 Å². The van der Waals surface area contributed by atoms with Gasteiger partial charge in [0.15, 0.2) is 6.61 Å². The second-order valence-electron chi connectivity index (χ2n) is 4.60. The lowest BCUT2D eigenvalue weighted by molar-refractivity contribution is -0.137. The van der Waals surface area contributed by atoms with E-state index < -0.39 is 11.7 Å². The summed E-state index contributed by atoms with van der Waals surface area (Å²) in [6, 6.07) is 5.57. The molecule has 4 nitrogen and oxygen atoms in total. The van der Waals surface area contributed by atoms with Crippen molar-refractivity contribution in [1.29, 1.82) is 0 Å². The maximum Gasteiger partial charge on any atom is 0.417 e. The quantitative estimate of drug-likeness (QED) is 0.867. The minimum Gasteiger partial charge on any atom is -0.482 e. The summed E-state index contributed by atoms with van der Waals surface area (Å²) in [5.41, 5.74) is 0.169. The van der Waals surface area contributed by atoms with Crippen LogP contribution in [0.1, 0.15) is 5.56 Å². The lowest BCUT2D eigenvalue weighted by Gasteiger charge is -2.18. The fraction of sp³-hybridized carbons (Fsp3) is 0.143. The highest BCUT2D eigenvalue weighted by atomic mass is 35.5. The van der Waals surface area contributed by atoms with E-state index >= 15 is 0 Å². The van der Waals surface area contributed by atoms with E-state index in [2.05, 4.69) is 10.3 Å². The number of hydrogen-bond donors (Lipinski definition) is 1. The molecule has 0 radical (unpaired) electrons. The molecule has 1 aliphatic rings. The summed E-state index contributed by atoms with van der Waals surface area (Å²) >= 11 is 5.90. The SMILES string of the molecule is O=C1COc2ccc(-c3ncc(C(F)(F)F)cc3Cl)cc2N1. The molecule has 114 valence electrons. The summed E-state index contributed by atoms with van der Waals surface area (Å²) in [7, 11) is 0. The number of benzene rings is 1. The number of aromatic nitrogens is 1. The van der Waals surface area contributed by atoms with Gasteiger partial charge < -0.3 is 10.1 Å². The molecule has 1 aliphatic heterocycles. The Balaban J connectivity index is 2.01. The number of anilines is 1. The molecule has 2 heterocycles. The molecule has 2 aromatic rings. The molecule has 0 saturated carbocycles. The number of fused-ring (bicyclic) bond motifs is 1. The summed E-state index contributed by atoms with van der Waals surface area (Å²) in [6.07, 6.45) is -3.79. The number of pyridine rings is 1. The molecule has 1 aromatic carbocycles. The van der Waals surface area contributed by atoms with E-state index in [0.717, 1.165) is 12.3 Å². The minimum atomic E-state index is -4.51. The predicted molar refractivity (Wildman–Crippen MR) is 73.8 cm³/mol. The molecule has 0 spiro atoms. The van der Waals surface area contributed by atoms with E-state index in [1.54, 1.807) is 18.2 Å². The lowest BCUT2D eigenvalue weighted by atomic mass is 10.1. The van der Waals surface area contributed by atoms with E-state index in [4.69, 9.17) is 16.3 Å². The number of nitrogens with zero attached hydrogens (tertiary/aromatic N) is 1. The zero-order valence-corrected chi connectivity index (χ0v) is 11.6. The number of rotatable bonds is 1. The highest BCUT2D eigenvalue weighted by Crippen LogP contribution is 2.37. The van der Waals surface area contributed by atoms with Gasteiger partial charge in [-0.05, 0) is 24.3 Å². The number of halogens is 4. The van der Waals surface area contributed by atoms with Crippen LogP contribution in [0.15, 0.2) is 30.5 Å². The topological polar surface area (TPSA) is 51.2 Å². The Morgan fingerprint density at radius 3 is 2.73 bits per heavy atom. The summed E-state index contributed by atoms with van der Waals surface area (Å²) in [5.74, 6) is 0.169. The molecule has 0 atom stereocenters. The molecular weight excluding hydrogens is 321 g/mol. The van der Waals surface area contributed by atoms with Crippen molar-refractivity contribution in [3.05, 3.63) is 41.0 Å². The summed E-state index contributed by atoms with van der Waals surface area (Å²) < 4.78 is 43.0. The second-order valence-corrected chi connectivity index (χ2v) is 5.01. The first-order valence-corrected chi connectivity index (χ1v) is 6.52. The molecule has 0 fully saturated rings. The van der Waals surface area contributed by atoms with Crippen molar-refractivity contribution in [2.24, 2.45) is 0 Å². The number of amides is 1. The molecular formula is C14H8ClF3N2O2. The Morgan fingerprint density at radius 1 is 1.27 bits per heavy atom. The largest absolute Gasteiger partial charge is 0.482 e. The third kappa shape index (κ3) is 2.71. The maximum atomic E-state index is 12.6. The third-order valence-electron chi connectivity index (χ3n) is 3.05. The number of carbonyl (C=O) groups excluding carboxylic acids is 1. The Hall–Kier alpha value is -2.28. The van der Waals surface area contributed by atoms with Crippen LogP contribution in [0.3, 0.4) is 0 Å². The fourth-order valence-corrected chi connectivity index (χ4v) is 2.31. The van der Waals surface area contributed by atoms with Gasteiger partial charge >= 0.3 is 6.18 Å². The highest BCUT2D eigenvalue weighted by Gasteiger charge is 2.31. The third-order valence-corrected chi connectivity index (χ3v) is 3.34. The van der Waals surface area contributed by atoms with Gasteiger partial charge in [-0.1, -0.05) is 11.6 Å². The Kier molecular flexibility index (Phi) is 3.44. The van der Waals surface area contributed by atoms with Gasteiger partial charge in [0, 0.05) is 11.8 Å². The molecule has 0 aliphatic carbocycles. The second kappa shape index (κ2) is 5.17. The molecule has 1 aromatic heterocycles. The monoisotopic (exact) mass is 328 g/mol. The van der Waals surface area contributed by atoms with Crippen LogP contribution >= 0.6 is 11.6 Å². The summed E-state index contributed by atoms with van der Waals surface area (Å²) in [4.78, 5) is 15.1. The van der Waals surface area contributed by atoms with Crippen molar-refractivity contribution in [2.75, 3.05) is 11.9 Å². The average Bonchev–Trinajstić information content (AvgIpc) is 2.45. The molecule has 8 heteroatoms. The van der Waals surface area contributed by atoms with Crippen LogP contribution in [0.5, 0.6) is 5.75 Å². The Bertz CT molecular complexity index is 762. The van der Waals surface area contributed by atoms with Gasteiger partial charge in [0.2, 0.25) is 0 Å². The zero-order chi connectivity index (χ0) is 15.9. The van der Waals surface area contributed by atoms with Crippen LogP contribution < -0.4 is 10.1 Å². The molecule has 0 saturated heterocycles. The first kappa shape index (κ1) is 14.6. The normalized spacial score (nSPS) is 14.1. The van der Waals surface area contributed by atoms with Crippen molar-refractivity contribution in [1.82, 2.24) is 4.98 Å². The highest BCUT2D eigenvalue weighted by molar-refractivity contribution is 6.33. The minimum absolute atomic E-state index is 0.0777. The van der Waals surface area contributed by atoms with Gasteiger partial charge in [0.1, 0.15) is 5.75 Å². The molecule has 0 unspecified atom stereocenters. The predicted octanol–water partition coefficient (Wildman–Crippen LogP) is 3.75. The van der Waals surface area contributed by atoms with Crippen LogP contribution in [-0.4, -0.2) is 17.5 Å². The van der Waals surface area contributed by atoms with Crippen LogP contribution in [0.2, 0.25) is 5.02 Å². The van der Waals surface area contributed by atoms with E-state index in [-0.39, 0.29) is 23.2 Å². The molecule has 0 bridgehead atoms. The smallest absolute Gasteiger partial charge is 0.417 e. The number of alkyl halides is 3. The van der Waals surface area contributed by atoms with Crippen molar-refractivity contribution < 1.29 is 22.7 Å². The lowest BCUT2D eigenvalue weighted by Crippen LogP contribution is -2.25. The molecule has 1 N–H and O–H groups in total. The van der Waals surface area contributed by atoms with Gasteiger partial charge in [-0.3, -0.25) is 9.78 Å². The molecule has 1 amide bonds. The van der Waals surface area contributed by atoms with Gasteiger partial charge in [-0.25, -0.2) is 0 Å². The number of carbonyl (C=O) groups is 1. The first-order valence-electron chi connectivity index (χ1n) is 6.14. The zero-order valence-electron chi connectivity index (χ0n) is 10.9. The Labute approximate surface area is 127 Å². The van der Waals surface area contributed by atoms with E-state index in [9.17, 15) is 18.0 Å². The van der Waals surface area contributed by atoms with Gasteiger partial charge in [0.05, 0.1) is 22.0 Å². The number of nitrogens with one attached hydrogen (secondary N) is 1. The Morgan fingerprint density at radius 2 is 2.05 bits per heavy atom. The first-order chi connectivity index (χ1) is 10.3. The van der Waals surface area contributed by atoms with Crippen molar-refractivity contribution in [2.45, 2.75) is 6.18 Å². The van der Waals surface area contributed by atoms with E-state index in [1.165, 1.54) is 0 Å². The van der Waals surface area contributed by atoms with E-state index in [1.807, 2.05) is 0 Å².